The lowest BCUT2D eigenvalue weighted by molar-refractivity contribution is 1.07. The SMILES string of the molecule is CN(C)c1ccc(-c2cnc3[nH]cc(-c4cn[nH]c4)c3c2)cn1. The van der Waals surface area contributed by atoms with Crippen LogP contribution in [0.2, 0.25) is 0 Å². The van der Waals surface area contributed by atoms with Crippen molar-refractivity contribution in [3.8, 4) is 22.3 Å². The number of fused-ring (bicyclic) bond motifs is 1. The maximum absolute atomic E-state index is 4.52. The fourth-order valence-corrected chi connectivity index (χ4v) is 2.62. The van der Waals surface area contributed by atoms with Crippen molar-refractivity contribution in [2.45, 2.75) is 0 Å². The highest BCUT2D eigenvalue weighted by Crippen LogP contribution is 2.30. The van der Waals surface area contributed by atoms with Gasteiger partial charge in [-0.1, -0.05) is 0 Å². The fraction of sp³-hybridized carbons (Fsp3) is 0.118. The van der Waals surface area contributed by atoms with E-state index < -0.39 is 0 Å². The predicted octanol–water partition coefficient (Wildman–Crippen LogP) is 3.08. The lowest BCUT2D eigenvalue weighted by Crippen LogP contribution is -2.09. The Bertz CT molecular complexity index is 935. The molecule has 0 amide bonds. The highest BCUT2D eigenvalue weighted by Gasteiger charge is 2.10. The van der Waals surface area contributed by atoms with E-state index in [9.17, 15) is 0 Å². The second kappa shape index (κ2) is 5.24. The number of aromatic nitrogens is 5. The monoisotopic (exact) mass is 304 g/mol. The predicted molar refractivity (Wildman–Crippen MR) is 91.2 cm³/mol. The van der Waals surface area contributed by atoms with Crippen LogP contribution in [0.25, 0.3) is 33.3 Å². The van der Waals surface area contributed by atoms with Gasteiger partial charge in [0.15, 0.2) is 0 Å². The van der Waals surface area contributed by atoms with E-state index in [4.69, 9.17) is 0 Å². The lowest BCUT2D eigenvalue weighted by Gasteiger charge is -2.11. The van der Waals surface area contributed by atoms with Crippen molar-refractivity contribution in [2.24, 2.45) is 0 Å². The summed E-state index contributed by atoms with van der Waals surface area (Å²) in [5.74, 6) is 0.934. The minimum Gasteiger partial charge on any atom is -0.363 e. The molecule has 0 aliphatic heterocycles. The van der Waals surface area contributed by atoms with Gasteiger partial charge in [0, 0.05) is 66.5 Å². The van der Waals surface area contributed by atoms with Gasteiger partial charge in [0.25, 0.3) is 0 Å². The van der Waals surface area contributed by atoms with E-state index in [1.807, 2.05) is 56.0 Å². The van der Waals surface area contributed by atoms with Gasteiger partial charge >= 0.3 is 0 Å². The molecule has 0 unspecified atom stereocenters. The van der Waals surface area contributed by atoms with E-state index in [2.05, 4.69) is 37.3 Å². The molecule has 0 aliphatic carbocycles. The average Bonchev–Trinajstić information content (AvgIpc) is 3.23. The zero-order valence-corrected chi connectivity index (χ0v) is 12.9. The summed E-state index contributed by atoms with van der Waals surface area (Å²) in [6.07, 6.45) is 9.39. The minimum atomic E-state index is 0.864. The molecule has 0 radical (unpaired) electrons. The molecule has 4 heterocycles. The first-order valence-corrected chi connectivity index (χ1v) is 7.32. The largest absolute Gasteiger partial charge is 0.363 e. The lowest BCUT2D eigenvalue weighted by atomic mass is 10.1. The summed E-state index contributed by atoms with van der Waals surface area (Å²) in [7, 11) is 3.96. The molecule has 0 atom stereocenters. The third kappa shape index (κ3) is 2.34. The van der Waals surface area contributed by atoms with E-state index in [1.165, 1.54) is 0 Å². The van der Waals surface area contributed by atoms with Gasteiger partial charge < -0.3 is 9.88 Å². The zero-order chi connectivity index (χ0) is 15.8. The number of hydrogen-bond acceptors (Lipinski definition) is 4. The van der Waals surface area contributed by atoms with E-state index in [-0.39, 0.29) is 0 Å². The first kappa shape index (κ1) is 13.5. The Balaban J connectivity index is 1.80. The molecular weight excluding hydrogens is 288 g/mol. The molecule has 0 aromatic carbocycles. The Morgan fingerprint density at radius 3 is 2.48 bits per heavy atom. The van der Waals surface area contributed by atoms with E-state index in [0.29, 0.717) is 0 Å². The van der Waals surface area contributed by atoms with Crippen LogP contribution in [-0.2, 0) is 0 Å². The first-order valence-electron chi connectivity index (χ1n) is 7.32. The van der Waals surface area contributed by atoms with Gasteiger partial charge in [-0.25, -0.2) is 9.97 Å². The summed E-state index contributed by atoms with van der Waals surface area (Å²) in [5, 5.41) is 7.93. The Kier molecular flexibility index (Phi) is 3.08. The molecule has 4 aromatic rings. The normalized spacial score (nSPS) is 11.0. The van der Waals surface area contributed by atoms with Gasteiger partial charge in [-0.3, -0.25) is 5.10 Å². The Labute approximate surface area is 133 Å². The van der Waals surface area contributed by atoms with Gasteiger partial charge in [0.05, 0.1) is 6.20 Å². The fourth-order valence-electron chi connectivity index (χ4n) is 2.62. The number of rotatable bonds is 3. The molecule has 114 valence electrons. The molecule has 4 rings (SSSR count). The van der Waals surface area contributed by atoms with Crippen molar-refractivity contribution in [1.29, 1.82) is 0 Å². The molecule has 6 heteroatoms. The van der Waals surface area contributed by atoms with Gasteiger partial charge in [-0.2, -0.15) is 5.10 Å². The van der Waals surface area contributed by atoms with Crippen molar-refractivity contribution in [3.63, 3.8) is 0 Å². The molecular formula is C17H16N6. The molecule has 4 aromatic heterocycles. The maximum atomic E-state index is 4.52. The van der Waals surface area contributed by atoms with Gasteiger partial charge in [-0.05, 0) is 18.2 Å². The maximum Gasteiger partial charge on any atom is 0.137 e. The van der Waals surface area contributed by atoms with Crippen LogP contribution in [0.3, 0.4) is 0 Å². The first-order chi connectivity index (χ1) is 11.2. The van der Waals surface area contributed by atoms with Crippen LogP contribution in [-0.4, -0.2) is 39.2 Å². The number of anilines is 1. The quantitative estimate of drug-likeness (QED) is 0.610. The molecule has 0 saturated heterocycles. The molecule has 0 saturated carbocycles. The highest BCUT2D eigenvalue weighted by molar-refractivity contribution is 5.95. The summed E-state index contributed by atoms with van der Waals surface area (Å²) in [6, 6.07) is 6.20. The second-order valence-corrected chi connectivity index (χ2v) is 5.61. The van der Waals surface area contributed by atoms with E-state index in [0.717, 1.165) is 39.1 Å². The van der Waals surface area contributed by atoms with Crippen LogP contribution < -0.4 is 4.90 Å². The number of pyridine rings is 2. The van der Waals surface area contributed by atoms with E-state index in [1.54, 1.807) is 0 Å². The second-order valence-electron chi connectivity index (χ2n) is 5.61. The molecule has 0 aliphatic rings. The Morgan fingerprint density at radius 2 is 1.78 bits per heavy atom. The van der Waals surface area contributed by atoms with Crippen molar-refractivity contribution in [1.82, 2.24) is 25.1 Å². The van der Waals surface area contributed by atoms with Gasteiger partial charge in [0.2, 0.25) is 0 Å². The Hall–Kier alpha value is -3.15. The van der Waals surface area contributed by atoms with Crippen molar-refractivity contribution in [3.05, 3.63) is 49.2 Å². The highest BCUT2D eigenvalue weighted by atomic mass is 15.1. The third-order valence-corrected chi connectivity index (χ3v) is 3.88. The Morgan fingerprint density at radius 1 is 0.913 bits per heavy atom. The molecule has 2 N–H and O–H groups in total. The summed E-state index contributed by atoms with van der Waals surface area (Å²) in [6.45, 7) is 0. The zero-order valence-electron chi connectivity index (χ0n) is 12.9. The van der Waals surface area contributed by atoms with Gasteiger partial charge in [0.1, 0.15) is 11.5 Å². The van der Waals surface area contributed by atoms with Crippen LogP contribution >= 0.6 is 0 Å². The summed E-state index contributed by atoms with van der Waals surface area (Å²) < 4.78 is 0. The standard InChI is InChI=1S/C17H16N6/c1-23(2)16-4-3-11(6-18-16)12-5-14-15(13-8-21-22-9-13)10-20-17(14)19-7-12/h3-10H,1-2H3,(H,19,20)(H,21,22). The van der Waals surface area contributed by atoms with Crippen LogP contribution in [0, 0.1) is 0 Å². The third-order valence-electron chi connectivity index (χ3n) is 3.88. The summed E-state index contributed by atoms with van der Waals surface area (Å²) >= 11 is 0. The van der Waals surface area contributed by atoms with E-state index >= 15 is 0 Å². The van der Waals surface area contributed by atoms with Crippen LogP contribution in [0.15, 0.2) is 49.2 Å². The smallest absolute Gasteiger partial charge is 0.137 e. The number of H-pyrrole nitrogens is 2. The molecule has 6 nitrogen and oxygen atoms in total. The van der Waals surface area contributed by atoms with Crippen LogP contribution in [0.5, 0.6) is 0 Å². The summed E-state index contributed by atoms with van der Waals surface area (Å²) in [5.41, 5.74) is 5.07. The van der Waals surface area contributed by atoms with Crippen molar-refractivity contribution in [2.75, 3.05) is 19.0 Å². The molecule has 0 fully saturated rings. The van der Waals surface area contributed by atoms with Gasteiger partial charge in [-0.15, -0.1) is 0 Å². The van der Waals surface area contributed by atoms with Crippen molar-refractivity contribution < 1.29 is 0 Å². The van der Waals surface area contributed by atoms with Crippen LogP contribution in [0.4, 0.5) is 5.82 Å². The average molecular weight is 304 g/mol. The molecule has 0 bridgehead atoms. The summed E-state index contributed by atoms with van der Waals surface area (Å²) in [4.78, 5) is 14.2. The van der Waals surface area contributed by atoms with Crippen molar-refractivity contribution >= 4 is 16.9 Å². The number of nitrogens with one attached hydrogen (secondary N) is 2. The molecule has 0 spiro atoms. The number of nitrogens with zero attached hydrogens (tertiary/aromatic N) is 4. The topological polar surface area (TPSA) is 73.5 Å². The number of aromatic amines is 2. The molecule has 23 heavy (non-hydrogen) atoms. The number of hydrogen-bond donors (Lipinski definition) is 2. The minimum absolute atomic E-state index is 0.864. The van der Waals surface area contributed by atoms with Crippen LogP contribution in [0.1, 0.15) is 0 Å².